The minimum absolute atomic E-state index is 0.0498. The highest BCUT2D eigenvalue weighted by Crippen LogP contribution is 2.01. The molecule has 0 aliphatic heterocycles. The molecule has 56 valence electrons. The van der Waals surface area contributed by atoms with Gasteiger partial charge < -0.3 is 0 Å². The molecule has 0 saturated carbocycles. The maximum Gasteiger partial charge on any atom is 0.171 e. The van der Waals surface area contributed by atoms with Crippen molar-refractivity contribution >= 4 is 22.9 Å². The summed E-state index contributed by atoms with van der Waals surface area (Å²) in [5.41, 5.74) is 0.829. The van der Waals surface area contributed by atoms with Crippen LogP contribution in [0.1, 0.15) is 12.5 Å². The Labute approximate surface area is 71.0 Å². The van der Waals surface area contributed by atoms with Crippen LogP contribution in [0.2, 0.25) is 0 Å². The lowest BCUT2D eigenvalue weighted by molar-refractivity contribution is -0.110. The van der Waals surface area contributed by atoms with E-state index in [1.54, 1.807) is 0 Å². The van der Waals surface area contributed by atoms with Crippen LogP contribution in [0.5, 0.6) is 0 Å². The number of benzene rings is 1. The van der Waals surface area contributed by atoms with Gasteiger partial charge in [0.1, 0.15) is 0 Å². The first-order valence-electron chi connectivity index (χ1n) is 3.32. The minimum Gasteiger partial charge on any atom is -0.294 e. The predicted molar refractivity (Wildman–Crippen MR) is 48.8 cm³/mol. The summed E-state index contributed by atoms with van der Waals surface area (Å²) >= 11 is 4.89. The van der Waals surface area contributed by atoms with Crippen molar-refractivity contribution in [1.29, 1.82) is 0 Å². The average molecular weight is 164 g/mol. The maximum atomic E-state index is 10.8. The van der Waals surface area contributed by atoms with Gasteiger partial charge in [-0.2, -0.15) is 0 Å². The molecule has 0 aromatic heterocycles. The van der Waals surface area contributed by atoms with Crippen molar-refractivity contribution < 1.29 is 4.79 Å². The number of ketones is 1. The van der Waals surface area contributed by atoms with Crippen LogP contribution >= 0.6 is 12.2 Å². The molecule has 0 amide bonds. The molecule has 1 aromatic rings. The fourth-order valence-electron chi connectivity index (χ4n) is 0.793. The molecule has 0 aliphatic rings. The summed E-state index contributed by atoms with van der Waals surface area (Å²) in [6.07, 6.45) is 0. The molecule has 0 fully saturated rings. The third-order valence-corrected chi connectivity index (χ3v) is 1.88. The molecular weight excluding hydrogens is 156 g/mol. The molecule has 0 N–H and O–H groups in total. The van der Waals surface area contributed by atoms with Gasteiger partial charge in [0.2, 0.25) is 0 Å². The Balaban J connectivity index is 2.95. The van der Waals surface area contributed by atoms with Gasteiger partial charge in [-0.3, -0.25) is 4.79 Å². The number of carbonyl (C=O) groups is 1. The van der Waals surface area contributed by atoms with Crippen molar-refractivity contribution in [3.05, 3.63) is 35.9 Å². The molecule has 1 aromatic carbocycles. The first kappa shape index (κ1) is 8.08. The van der Waals surface area contributed by atoms with Gasteiger partial charge in [0.25, 0.3) is 0 Å². The Morgan fingerprint density at radius 2 is 1.82 bits per heavy atom. The summed E-state index contributed by atoms with van der Waals surface area (Å²) in [6.45, 7) is 1.48. The minimum atomic E-state index is -0.0498. The first-order chi connectivity index (χ1) is 5.22. The highest BCUT2D eigenvalue weighted by Gasteiger charge is 2.03. The van der Waals surface area contributed by atoms with Gasteiger partial charge in [-0.1, -0.05) is 42.5 Å². The van der Waals surface area contributed by atoms with Gasteiger partial charge in [-0.15, -0.1) is 0 Å². The van der Waals surface area contributed by atoms with E-state index in [-0.39, 0.29) is 5.78 Å². The van der Waals surface area contributed by atoms with Gasteiger partial charge >= 0.3 is 0 Å². The molecule has 0 spiro atoms. The fourth-order valence-corrected chi connectivity index (χ4v) is 0.929. The van der Waals surface area contributed by atoms with E-state index in [0.29, 0.717) is 4.86 Å². The molecule has 11 heavy (non-hydrogen) atoms. The topological polar surface area (TPSA) is 17.1 Å². The van der Waals surface area contributed by atoms with Crippen molar-refractivity contribution in [2.24, 2.45) is 0 Å². The largest absolute Gasteiger partial charge is 0.294 e. The van der Waals surface area contributed by atoms with Crippen molar-refractivity contribution in [2.75, 3.05) is 0 Å². The van der Waals surface area contributed by atoms with E-state index in [1.165, 1.54) is 6.92 Å². The van der Waals surface area contributed by atoms with Crippen LogP contribution in [0.25, 0.3) is 0 Å². The van der Waals surface area contributed by atoms with Crippen LogP contribution < -0.4 is 0 Å². The summed E-state index contributed by atoms with van der Waals surface area (Å²) in [4.78, 5) is 11.2. The molecule has 1 nitrogen and oxygen atoms in total. The number of hydrogen-bond acceptors (Lipinski definition) is 2. The first-order valence-corrected chi connectivity index (χ1v) is 3.73. The highest BCUT2D eigenvalue weighted by atomic mass is 32.1. The highest BCUT2D eigenvalue weighted by molar-refractivity contribution is 7.82. The van der Waals surface area contributed by atoms with Gasteiger partial charge in [0, 0.05) is 6.92 Å². The molecule has 0 bridgehead atoms. The Bertz CT molecular complexity index is 277. The quantitative estimate of drug-likeness (QED) is 0.491. The Hall–Kier alpha value is -1.02. The Kier molecular flexibility index (Phi) is 2.49. The second-order valence-electron chi connectivity index (χ2n) is 2.25. The van der Waals surface area contributed by atoms with Crippen molar-refractivity contribution in [2.45, 2.75) is 6.92 Å². The van der Waals surface area contributed by atoms with Crippen molar-refractivity contribution in [3.63, 3.8) is 0 Å². The zero-order valence-electron chi connectivity index (χ0n) is 6.20. The summed E-state index contributed by atoms with van der Waals surface area (Å²) < 4.78 is 0. The van der Waals surface area contributed by atoms with Gasteiger partial charge in [0.05, 0.1) is 4.86 Å². The molecule has 1 rings (SSSR count). The third-order valence-electron chi connectivity index (χ3n) is 1.36. The molecule has 0 saturated heterocycles. The fraction of sp³-hybridized carbons (Fsp3) is 0.111. The average Bonchev–Trinajstić information content (AvgIpc) is 2.05. The second-order valence-corrected chi connectivity index (χ2v) is 2.66. The molecule has 2 heteroatoms. The van der Waals surface area contributed by atoms with E-state index in [9.17, 15) is 4.79 Å². The number of rotatable bonds is 2. The molecule has 0 aliphatic carbocycles. The molecule has 0 radical (unpaired) electrons. The van der Waals surface area contributed by atoms with E-state index in [4.69, 9.17) is 12.2 Å². The van der Waals surface area contributed by atoms with Crippen LogP contribution in [0.4, 0.5) is 0 Å². The SMILES string of the molecule is CC(=O)C(=S)c1ccccc1. The smallest absolute Gasteiger partial charge is 0.171 e. The summed E-state index contributed by atoms with van der Waals surface area (Å²) in [7, 11) is 0. The summed E-state index contributed by atoms with van der Waals surface area (Å²) in [6, 6.07) is 9.30. The van der Waals surface area contributed by atoms with Crippen LogP contribution in [0, 0.1) is 0 Å². The van der Waals surface area contributed by atoms with Crippen LogP contribution in [0.15, 0.2) is 30.3 Å². The van der Waals surface area contributed by atoms with Crippen molar-refractivity contribution in [1.82, 2.24) is 0 Å². The monoisotopic (exact) mass is 164 g/mol. The number of thiocarbonyl (C=S) groups is 1. The van der Waals surface area contributed by atoms with Gasteiger partial charge in [-0.05, 0) is 5.56 Å². The van der Waals surface area contributed by atoms with Crippen molar-refractivity contribution in [3.8, 4) is 0 Å². The molecule has 0 heterocycles. The van der Waals surface area contributed by atoms with E-state index in [1.807, 2.05) is 30.3 Å². The van der Waals surface area contributed by atoms with Gasteiger partial charge in [0.15, 0.2) is 5.78 Å². The summed E-state index contributed by atoms with van der Waals surface area (Å²) in [5, 5.41) is 0. The lowest BCUT2D eigenvalue weighted by Crippen LogP contribution is -2.07. The normalized spacial score (nSPS) is 9.18. The van der Waals surface area contributed by atoms with E-state index in [0.717, 1.165) is 5.56 Å². The standard InChI is InChI=1S/C9H8OS/c1-7(10)9(11)8-5-3-2-4-6-8/h2-6H,1H3. The Morgan fingerprint density at radius 3 is 2.27 bits per heavy atom. The van der Waals surface area contributed by atoms with Crippen LogP contribution in [-0.2, 0) is 4.79 Å². The number of carbonyl (C=O) groups excluding carboxylic acids is 1. The van der Waals surface area contributed by atoms with Gasteiger partial charge in [-0.25, -0.2) is 0 Å². The van der Waals surface area contributed by atoms with Crippen LogP contribution in [-0.4, -0.2) is 10.6 Å². The van der Waals surface area contributed by atoms with E-state index >= 15 is 0 Å². The lowest BCUT2D eigenvalue weighted by Gasteiger charge is -1.96. The Morgan fingerprint density at radius 1 is 1.27 bits per heavy atom. The van der Waals surface area contributed by atoms with Crippen LogP contribution in [0.3, 0.4) is 0 Å². The maximum absolute atomic E-state index is 10.8. The number of hydrogen-bond donors (Lipinski definition) is 0. The third kappa shape index (κ3) is 1.95. The molecular formula is C9H8OS. The second kappa shape index (κ2) is 3.39. The number of Topliss-reactive ketones (excluding diaryl/α,β-unsaturated/α-hetero) is 1. The zero-order valence-corrected chi connectivity index (χ0v) is 7.02. The molecule has 0 atom stereocenters. The summed E-state index contributed by atoms with van der Waals surface area (Å²) in [5.74, 6) is -0.0498. The zero-order chi connectivity index (χ0) is 8.27. The molecule has 0 unspecified atom stereocenters. The van der Waals surface area contributed by atoms with E-state index < -0.39 is 0 Å². The predicted octanol–water partition coefficient (Wildman–Crippen LogP) is 1.99. The lowest BCUT2D eigenvalue weighted by atomic mass is 10.1. The van der Waals surface area contributed by atoms with E-state index in [2.05, 4.69) is 0 Å².